The minimum atomic E-state index is -1.19. The van der Waals surface area contributed by atoms with Gasteiger partial charge in [0.1, 0.15) is 5.01 Å². The Bertz CT molecular complexity index is 572. The standard InChI is InChI=1S/C13H14N2O2S2/c16-12(13(17)5-6-18-8-13)14-7-11-15-9-3-1-2-4-10(9)19-11/h1-4,17H,5-8H2,(H,14,16). The van der Waals surface area contributed by atoms with E-state index in [1.165, 1.54) is 0 Å². The summed E-state index contributed by atoms with van der Waals surface area (Å²) in [6.07, 6.45) is 0.531. The van der Waals surface area contributed by atoms with Gasteiger partial charge in [0.2, 0.25) is 0 Å². The van der Waals surface area contributed by atoms with Crippen LogP contribution in [-0.2, 0) is 11.3 Å². The lowest BCUT2D eigenvalue weighted by Gasteiger charge is -2.19. The lowest BCUT2D eigenvalue weighted by molar-refractivity contribution is -0.137. The smallest absolute Gasteiger partial charge is 0.253 e. The van der Waals surface area contributed by atoms with Crippen molar-refractivity contribution in [2.45, 2.75) is 18.6 Å². The molecule has 2 aromatic rings. The van der Waals surface area contributed by atoms with Gasteiger partial charge in [-0.25, -0.2) is 4.98 Å². The molecule has 4 nitrogen and oxygen atoms in total. The third-order valence-electron chi connectivity index (χ3n) is 3.16. The number of nitrogens with zero attached hydrogens (tertiary/aromatic N) is 1. The minimum absolute atomic E-state index is 0.281. The number of aromatic nitrogens is 1. The van der Waals surface area contributed by atoms with E-state index in [4.69, 9.17) is 0 Å². The zero-order valence-electron chi connectivity index (χ0n) is 10.3. The number of carbonyl (C=O) groups is 1. The molecule has 1 aromatic heterocycles. The van der Waals surface area contributed by atoms with E-state index in [1.807, 2.05) is 24.3 Å². The van der Waals surface area contributed by atoms with Crippen molar-refractivity contribution in [1.29, 1.82) is 0 Å². The summed E-state index contributed by atoms with van der Waals surface area (Å²) in [6, 6.07) is 7.89. The fourth-order valence-corrected chi connectivity index (χ4v) is 4.20. The second kappa shape index (κ2) is 5.11. The lowest BCUT2D eigenvalue weighted by Crippen LogP contribution is -2.46. The normalized spacial score (nSPS) is 22.8. The van der Waals surface area contributed by atoms with Gasteiger partial charge in [0.05, 0.1) is 16.8 Å². The second-order valence-electron chi connectivity index (χ2n) is 4.59. The van der Waals surface area contributed by atoms with Crippen LogP contribution in [0.3, 0.4) is 0 Å². The molecule has 1 amide bonds. The molecule has 0 radical (unpaired) electrons. The van der Waals surface area contributed by atoms with Crippen molar-refractivity contribution >= 4 is 39.2 Å². The summed E-state index contributed by atoms with van der Waals surface area (Å²) in [5.41, 5.74) is -0.242. The highest BCUT2D eigenvalue weighted by Gasteiger charge is 2.39. The van der Waals surface area contributed by atoms with E-state index in [2.05, 4.69) is 10.3 Å². The number of rotatable bonds is 3. The molecule has 0 bridgehead atoms. The summed E-state index contributed by atoms with van der Waals surface area (Å²) >= 11 is 3.18. The third kappa shape index (κ3) is 2.61. The van der Waals surface area contributed by atoms with E-state index in [-0.39, 0.29) is 5.91 Å². The van der Waals surface area contributed by atoms with Crippen molar-refractivity contribution in [3.8, 4) is 0 Å². The minimum Gasteiger partial charge on any atom is -0.379 e. The maximum atomic E-state index is 12.0. The molecule has 1 aliphatic heterocycles. The third-order valence-corrected chi connectivity index (χ3v) is 5.37. The fraction of sp³-hybridized carbons (Fsp3) is 0.385. The summed E-state index contributed by atoms with van der Waals surface area (Å²) in [7, 11) is 0. The number of hydrogen-bond acceptors (Lipinski definition) is 5. The quantitative estimate of drug-likeness (QED) is 0.906. The topological polar surface area (TPSA) is 62.2 Å². The van der Waals surface area contributed by atoms with E-state index in [1.54, 1.807) is 23.1 Å². The number of thioether (sulfide) groups is 1. The summed E-state index contributed by atoms with van der Waals surface area (Å²) in [6.45, 7) is 0.380. The largest absolute Gasteiger partial charge is 0.379 e. The summed E-state index contributed by atoms with van der Waals surface area (Å²) < 4.78 is 1.11. The Morgan fingerprint density at radius 1 is 1.47 bits per heavy atom. The maximum Gasteiger partial charge on any atom is 0.253 e. The molecule has 0 saturated carbocycles. The summed E-state index contributed by atoms with van der Waals surface area (Å²) in [5, 5.41) is 13.8. The molecule has 1 fully saturated rings. The van der Waals surface area contributed by atoms with Crippen LogP contribution in [0, 0.1) is 0 Å². The van der Waals surface area contributed by atoms with Crippen molar-refractivity contribution in [3.05, 3.63) is 29.3 Å². The van der Waals surface area contributed by atoms with Crippen LogP contribution in [-0.4, -0.2) is 33.1 Å². The van der Waals surface area contributed by atoms with E-state index >= 15 is 0 Å². The Labute approximate surface area is 119 Å². The first kappa shape index (κ1) is 12.9. The highest BCUT2D eigenvalue weighted by Crippen LogP contribution is 2.28. The molecular weight excluding hydrogens is 280 g/mol. The predicted octanol–water partition coefficient (Wildman–Crippen LogP) is 1.78. The van der Waals surface area contributed by atoms with Gasteiger partial charge in [-0.3, -0.25) is 4.79 Å². The molecule has 1 saturated heterocycles. The van der Waals surface area contributed by atoms with Crippen LogP contribution in [0.5, 0.6) is 0 Å². The molecule has 2 heterocycles. The molecule has 3 rings (SSSR count). The number of amides is 1. The molecule has 6 heteroatoms. The van der Waals surface area contributed by atoms with Gasteiger partial charge in [0.25, 0.3) is 5.91 Å². The molecule has 2 N–H and O–H groups in total. The van der Waals surface area contributed by atoms with Crippen LogP contribution in [0.15, 0.2) is 24.3 Å². The monoisotopic (exact) mass is 294 g/mol. The van der Waals surface area contributed by atoms with Crippen LogP contribution < -0.4 is 5.32 Å². The number of fused-ring (bicyclic) bond motifs is 1. The Kier molecular flexibility index (Phi) is 3.47. The molecule has 1 unspecified atom stereocenters. The van der Waals surface area contributed by atoms with Gasteiger partial charge >= 0.3 is 0 Å². The van der Waals surface area contributed by atoms with Gasteiger partial charge in [-0.2, -0.15) is 11.8 Å². The van der Waals surface area contributed by atoms with Crippen molar-refractivity contribution in [1.82, 2.24) is 10.3 Å². The first-order valence-corrected chi connectivity index (χ1v) is 8.07. The van der Waals surface area contributed by atoms with Gasteiger partial charge in [-0.05, 0) is 24.3 Å². The Hall–Kier alpha value is -1.11. The Balaban J connectivity index is 1.67. The number of nitrogens with one attached hydrogen (secondary N) is 1. The molecule has 0 aliphatic carbocycles. The van der Waals surface area contributed by atoms with Crippen LogP contribution in [0.2, 0.25) is 0 Å². The molecular formula is C13H14N2O2S2. The zero-order valence-corrected chi connectivity index (χ0v) is 11.9. The molecule has 100 valence electrons. The number of para-hydroxylation sites is 1. The van der Waals surface area contributed by atoms with E-state index in [9.17, 15) is 9.90 Å². The van der Waals surface area contributed by atoms with Gasteiger partial charge in [0.15, 0.2) is 5.60 Å². The molecule has 19 heavy (non-hydrogen) atoms. The predicted molar refractivity (Wildman–Crippen MR) is 78.4 cm³/mol. The highest BCUT2D eigenvalue weighted by molar-refractivity contribution is 7.99. The van der Waals surface area contributed by atoms with Crippen molar-refractivity contribution < 1.29 is 9.90 Å². The van der Waals surface area contributed by atoms with Gasteiger partial charge in [0, 0.05) is 5.75 Å². The fourth-order valence-electron chi connectivity index (χ4n) is 2.05. The Morgan fingerprint density at radius 2 is 2.32 bits per heavy atom. The average molecular weight is 294 g/mol. The molecule has 1 aromatic carbocycles. The van der Waals surface area contributed by atoms with Gasteiger partial charge in [-0.1, -0.05) is 12.1 Å². The lowest BCUT2D eigenvalue weighted by atomic mass is 10.0. The van der Waals surface area contributed by atoms with Crippen molar-refractivity contribution in [2.75, 3.05) is 11.5 Å². The molecule has 1 aliphatic rings. The van der Waals surface area contributed by atoms with Crippen LogP contribution >= 0.6 is 23.1 Å². The second-order valence-corrected chi connectivity index (χ2v) is 6.81. The Morgan fingerprint density at radius 3 is 3.05 bits per heavy atom. The van der Waals surface area contributed by atoms with Crippen LogP contribution in [0.1, 0.15) is 11.4 Å². The van der Waals surface area contributed by atoms with Crippen LogP contribution in [0.4, 0.5) is 0 Å². The summed E-state index contributed by atoms with van der Waals surface area (Å²) in [5.74, 6) is 1.04. The van der Waals surface area contributed by atoms with Crippen molar-refractivity contribution in [3.63, 3.8) is 0 Å². The number of thiazole rings is 1. The van der Waals surface area contributed by atoms with Gasteiger partial charge in [-0.15, -0.1) is 11.3 Å². The SMILES string of the molecule is O=C(NCc1nc2ccccc2s1)C1(O)CCSC1. The first-order valence-electron chi connectivity index (χ1n) is 6.10. The number of hydrogen-bond donors (Lipinski definition) is 2. The zero-order chi connectivity index (χ0) is 13.3. The van der Waals surface area contributed by atoms with Crippen molar-refractivity contribution in [2.24, 2.45) is 0 Å². The van der Waals surface area contributed by atoms with Crippen LogP contribution in [0.25, 0.3) is 10.2 Å². The summed E-state index contributed by atoms with van der Waals surface area (Å²) in [4.78, 5) is 16.4. The van der Waals surface area contributed by atoms with E-state index < -0.39 is 5.60 Å². The number of benzene rings is 1. The number of aliphatic hydroxyl groups is 1. The van der Waals surface area contributed by atoms with E-state index in [0.717, 1.165) is 21.0 Å². The average Bonchev–Trinajstić information content (AvgIpc) is 3.02. The first-order chi connectivity index (χ1) is 9.17. The van der Waals surface area contributed by atoms with Gasteiger partial charge < -0.3 is 10.4 Å². The maximum absolute atomic E-state index is 12.0. The molecule has 1 atom stereocenters. The number of carbonyl (C=O) groups excluding carboxylic acids is 1. The van der Waals surface area contributed by atoms with E-state index in [0.29, 0.717) is 18.7 Å². The molecule has 0 spiro atoms. The highest BCUT2D eigenvalue weighted by atomic mass is 32.2.